The maximum Gasteiger partial charge on any atom is 0.407 e. The molecule has 20 heavy (non-hydrogen) atoms. The summed E-state index contributed by atoms with van der Waals surface area (Å²) in [4.78, 5) is 11.6. The molecule has 0 heterocycles. The van der Waals surface area contributed by atoms with Crippen LogP contribution in [-0.4, -0.2) is 32.8 Å². The second-order valence-electron chi connectivity index (χ2n) is 6.14. The van der Waals surface area contributed by atoms with Gasteiger partial charge in [-0.2, -0.15) is 8.42 Å². The van der Waals surface area contributed by atoms with E-state index in [4.69, 9.17) is 9.88 Å². The van der Waals surface area contributed by atoms with Gasteiger partial charge in [-0.15, -0.1) is 0 Å². The Hall–Kier alpha value is -0.860. The molecule has 0 atom stereocenters. The molecule has 1 amide bonds. The predicted octanol–water partition coefficient (Wildman–Crippen LogP) is 1.29. The van der Waals surface area contributed by atoms with Gasteiger partial charge in [-0.1, -0.05) is 0 Å². The van der Waals surface area contributed by atoms with Crippen LogP contribution < -0.4 is 10.5 Å². The number of rotatable bonds is 4. The summed E-state index contributed by atoms with van der Waals surface area (Å²) in [6.45, 7) is 5.55. The molecule has 118 valence electrons. The lowest BCUT2D eigenvalue weighted by Gasteiger charge is -2.29. The van der Waals surface area contributed by atoms with Crippen LogP contribution in [0, 0.1) is 5.92 Å². The number of amides is 1. The summed E-state index contributed by atoms with van der Waals surface area (Å²) in [6, 6.07) is 0.0654. The molecule has 0 aromatic heterocycles. The fourth-order valence-electron chi connectivity index (χ4n) is 2.14. The van der Waals surface area contributed by atoms with Crippen LogP contribution in [0.4, 0.5) is 4.79 Å². The first-order chi connectivity index (χ1) is 9.05. The Bertz CT molecular complexity index is 422. The zero-order valence-corrected chi connectivity index (χ0v) is 13.0. The monoisotopic (exact) mass is 308 g/mol. The molecule has 8 heteroatoms. The van der Waals surface area contributed by atoms with E-state index in [2.05, 4.69) is 9.50 Å². The van der Waals surface area contributed by atoms with Gasteiger partial charge in [-0.3, -0.25) is 4.18 Å². The normalized spacial score (nSPS) is 24.2. The summed E-state index contributed by atoms with van der Waals surface area (Å²) in [5.41, 5.74) is -0.509. The van der Waals surface area contributed by atoms with Crippen molar-refractivity contribution < 1.29 is 22.1 Å². The summed E-state index contributed by atoms with van der Waals surface area (Å²) < 4.78 is 31.2. The molecule has 0 aromatic carbocycles. The quantitative estimate of drug-likeness (QED) is 0.813. The molecule has 0 radical (unpaired) electrons. The first kappa shape index (κ1) is 17.2. The molecular weight excluding hydrogens is 284 g/mol. The molecule has 0 spiro atoms. The molecule has 1 aliphatic rings. The molecule has 1 saturated carbocycles. The number of hydrogen-bond donors (Lipinski definition) is 2. The van der Waals surface area contributed by atoms with Crippen LogP contribution in [0.2, 0.25) is 0 Å². The summed E-state index contributed by atoms with van der Waals surface area (Å²) in [5.74, 6) is 0.157. The highest BCUT2D eigenvalue weighted by Gasteiger charge is 2.25. The second kappa shape index (κ2) is 6.73. The van der Waals surface area contributed by atoms with Crippen LogP contribution in [0.3, 0.4) is 0 Å². The van der Waals surface area contributed by atoms with Gasteiger partial charge in [0.05, 0.1) is 6.61 Å². The van der Waals surface area contributed by atoms with Crippen molar-refractivity contribution in [3.05, 3.63) is 0 Å². The Morgan fingerprint density at radius 2 is 1.80 bits per heavy atom. The topological polar surface area (TPSA) is 108 Å². The van der Waals surface area contributed by atoms with Crippen LogP contribution in [0.15, 0.2) is 0 Å². The molecule has 0 unspecified atom stereocenters. The zero-order chi connectivity index (χ0) is 15.4. The first-order valence-corrected chi connectivity index (χ1v) is 8.19. The smallest absolute Gasteiger partial charge is 0.407 e. The van der Waals surface area contributed by atoms with Crippen molar-refractivity contribution in [1.29, 1.82) is 0 Å². The minimum Gasteiger partial charge on any atom is -0.444 e. The van der Waals surface area contributed by atoms with E-state index in [1.165, 1.54) is 0 Å². The number of carbonyl (C=O) groups excluding carboxylic acids is 1. The highest BCUT2D eigenvalue weighted by Crippen LogP contribution is 2.25. The molecule has 7 nitrogen and oxygen atoms in total. The Kier molecular flexibility index (Phi) is 5.79. The lowest BCUT2D eigenvalue weighted by Crippen LogP contribution is -2.41. The van der Waals surface area contributed by atoms with Crippen LogP contribution in [0.5, 0.6) is 0 Å². The van der Waals surface area contributed by atoms with Gasteiger partial charge in [0.1, 0.15) is 5.60 Å². The Morgan fingerprint density at radius 3 is 2.25 bits per heavy atom. The fourth-order valence-corrected chi connectivity index (χ4v) is 2.52. The third kappa shape index (κ3) is 7.66. The van der Waals surface area contributed by atoms with Crippen molar-refractivity contribution >= 4 is 16.4 Å². The summed E-state index contributed by atoms with van der Waals surface area (Å²) >= 11 is 0. The zero-order valence-electron chi connectivity index (χ0n) is 12.2. The molecule has 1 rings (SSSR count). The molecule has 0 saturated heterocycles. The van der Waals surface area contributed by atoms with Gasteiger partial charge in [0.2, 0.25) is 0 Å². The van der Waals surface area contributed by atoms with Crippen molar-refractivity contribution in [2.24, 2.45) is 11.1 Å². The van der Waals surface area contributed by atoms with E-state index in [-0.39, 0.29) is 18.6 Å². The molecule has 0 aliphatic heterocycles. The average molecular weight is 308 g/mol. The van der Waals surface area contributed by atoms with E-state index in [1.54, 1.807) is 0 Å². The van der Waals surface area contributed by atoms with E-state index < -0.39 is 22.0 Å². The lowest BCUT2D eigenvalue weighted by molar-refractivity contribution is 0.0484. The van der Waals surface area contributed by atoms with Crippen molar-refractivity contribution in [2.75, 3.05) is 6.61 Å². The van der Waals surface area contributed by atoms with Gasteiger partial charge in [0.25, 0.3) is 0 Å². The molecular formula is C12H24N2O5S. The van der Waals surface area contributed by atoms with Crippen LogP contribution in [0.25, 0.3) is 0 Å². The largest absolute Gasteiger partial charge is 0.444 e. The van der Waals surface area contributed by atoms with Gasteiger partial charge in [-0.25, -0.2) is 9.93 Å². The van der Waals surface area contributed by atoms with Crippen LogP contribution >= 0.6 is 0 Å². The number of hydrogen-bond acceptors (Lipinski definition) is 5. The molecule has 1 aliphatic carbocycles. The van der Waals surface area contributed by atoms with Gasteiger partial charge in [0.15, 0.2) is 0 Å². The summed E-state index contributed by atoms with van der Waals surface area (Å²) in [6.07, 6.45) is 2.71. The minimum absolute atomic E-state index is 0.0654. The first-order valence-electron chi connectivity index (χ1n) is 6.72. The summed E-state index contributed by atoms with van der Waals surface area (Å²) in [5, 5.41) is 7.60. The van der Waals surface area contributed by atoms with E-state index >= 15 is 0 Å². The lowest BCUT2D eigenvalue weighted by atomic mass is 9.87. The van der Waals surface area contributed by atoms with Crippen molar-refractivity contribution in [3.8, 4) is 0 Å². The third-order valence-corrected chi connectivity index (χ3v) is 3.50. The Morgan fingerprint density at radius 1 is 1.25 bits per heavy atom. The number of ether oxygens (including phenoxy) is 1. The average Bonchev–Trinajstić information content (AvgIpc) is 2.24. The highest BCUT2D eigenvalue weighted by molar-refractivity contribution is 7.84. The number of carbonyl (C=O) groups is 1. The SMILES string of the molecule is CC(C)(C)OC(=O)NC1CCC(COS(N)(=O)=O)CC1. The van der Waals surface area contributed by atoms with Crippen molar-refractivity contribution in [2.45, 2.75) is 58.1 Å². The molecule has 3 N–H and O–H groups in total. The van der Waals surface area contributed by atoms with E-state index in [1.807, 2.05) is 20.8 Å². The predicted molar refractivity (Wildman–Crippen MR) is 74.2 cm³/mol. The number of alkyl carbamates (subject to hydrolysis) is 1. The molecule has 0 bridgehead atoms. The second-order valence-corrected chi connectivity index (χ2v) is 7.36. The highest BCUT2D eigenvalue weighted by atomic mass is 32.2. The fraction of sp³-hybridized carbons (Fsp3) is 0.917. The molecule has 0 aromatic rings. The van der Waals surface area contributed by atoms with E-state index in [9.17, 15) is 13.2 Å². The maximum absolute atomic E-state index is 11.6. The van der Waals surface area contributed by atoms with Crippen molar-refractivity contribution in [1.82, 2.24) is 5.32 Å². The van der Waals surface area contributed by atoms with Gasteiger partial charge in [0, 0.05) is 6.04 Å². The standard InChI is InChI=1S/C12H24N2O5S/c1-12(2,3)19-11(15)14-10-6-4-9(5-7-10)8-18-20(13,16)17/h9-10H,4-8H2,1-3H3,(H,14,15)(H2,13,16,17). The molecule has 1 fully saturated rings. The van der Waals surface area contributed by atoms with Gasteiger partial charge < -0.3 is 10.1 Å². The Balaban J connectivity index is 2.27. The number of nitrogens with two attached hydrogens (primary N) is 1. The summed E-state index contributed by atoms with van der Waals surface area (Å²) in [7, 11) is -3.87. The van der Waals surface area contributed by atoms with Gasteiger partial charge in [-0.05, 0) is 52.4 Å². The maximum atomic E-state index is 11.6. The van der Waals surface area contributed by atoms with Crippen molar-refractivity contribution in [3.63, 3.8) is 0 Å². The van der Waals surface area contributed by atoms with Gasteiger partial charge >= 0.3 is 16.4 Å². The minimum atomic E-state index is -3.87. The van der Waals surface area contributed by atoms with Crippen LogP contribution in [0.1, 0.15) is 46.5 Å². The van der Waals surface area contributed by atoms with Crippen LogP contribution in [-0.2, 0) is 19.2 Å². The Labute approximate surface area is 120 Å². The third-order valence-electron chi connectivity index (χ3n) is 3.04. The number of nitrogens with one attached hydrogen (secondary N) is 1. The van der Waals surface area contributed by atoms with E-state index in [0.717, 1.165) is 25.7 Å². The van der Waals surface area contributed by atoms with E-state index in [0.29, 0.717) is 0 Å².